The Morgan fingerprint density at radius 3 is 2.75 bits per heavy atom. The Hall–Kier alpha value is -2.31. The third-order valence-electron chi connectivity index (χ3n) is 3.23. The maximum atomic E-state index is 12.6. The molecule has 1 aromatic rings. The van der Waals surface area contributed by atoms with Crippen LogP contribution in [0.1, 0.15) is 35.1 Å². The second-order valence-electron chi connectivity index (χ2n) is 4.75. The van der Waals surface area contributed by atoms with Gasteiger partial charge in [0.15, 0.2) is 0 Å². The van der Waals surface area contributed by atoms with Crippen molar-refractivity contribution in [1.29, 1.82) is 0 Å². The summed E-state index contributed by atoms with van der Waals surface area (Å²) >= 11 is 0. The van der Waals surface area contributed by atoms with Gasteiger partial charge in [0.25, 0.3) is 5.91 Å². The molecule has 1 aliphatic rings. The fraction of sp³-hybridized carbons (Fsp3) is 0.462. The minimum atomic E-state index is -0.631. The molecule has 1 aromatic heterocycles. The number of hydrogen-bond donors (Lipinski definition) is 1. The van der Waals surface area contributed by atoms with Crippen LogP contribution in [-0.2, 0) is 9.59 Å². The molecular weight excluding hydrogens is 260 g/mol. The van der Waals surface area contributed by atoms with Crippen molar-refractivity contribution in [2.45, 2.75) is 33.2 Å². The molecule has 0 spiro atoms. The molecule has 0 aromatic carbocycles. The predicted molar refractivity (Wildman–Crippen MR) is 69.8 cm³/mol. The lowest BCUT2D eigenvalue weighted by Crippen LogP contribution is -2.59. The quantitative estimate of drug-likeness (QED) is 0.766. The molecule has 7 heteroatoms. The van der Waals surface area contributed by atoms with Gasteiger partial charge in [-0.05, 0) is 26.3 Å². The van der Waals surface area contributed by atoms with Crippen molar-refractivity contribution in [2.24, 2.45) is 0 Å². The molecule has 106 valence electrons. The van der Waals surface area contributed by atoms with Gasteiger partial charge in [-0.3, -0.25) is 19.7 Å². The van der Waals surface area contributed by atoms with Gasteiger partial charge in [0.1, 0.15) is 12.6 Å². The van der Waals surface area contributed by atoms with Crippen LogP contribution < -0.4 is 5.32 Å². The van der Waals surface area contributed by atoms with Gasteiger partial charge in [0.2, 0.25) is 11.8 Å². The van der Waals surface area contributed by atoms with Crippen LogP contribution in [0.3, 0.4) is 0 Å². The molecule has 0 aliphatic carbocycles. The van der Waals surface area contributed by atoms with Gasteiger partial charge in [-0.15, -0.1) is 0 Å². The first-order chi connectivity index (χ1) is 9.43. The van der Waals surface area contributed by atoms with E-state index in [1.807, 2.05) is 0 Å². The van der Waals surface area contributed by atoms with E-state index in [1.165, 1.54) is 4.90 Å². The standard InChI is InChI=1S/C13H16N4O3/c1-4-10-12(19)14-11(18)6-17(10)13(20)9-5-7(2)15-16-8(9)3/h5,10H,4,6H2,1-3H3,(H,14,18,19). The molecular formula is C13H16N4O3. The van der Waals surface area contributed by atoms with Crippen molar-refractivity contribution in [3.05, 3.63) is 23.0 Å². The van der Waals surface area contributed by atoms with Crippen LogP contribution in [-0.4, -0.2) is 45.4 Å². The predicted octanol–water partition coefficient (Wildman–Crippen LogP) is -0.0294. The normalized spacial score (nSPS) is 18.9. The number of rotatable bonds is 2. The molecule has 1 atom stereocenters. The number of nitrogens with one attached hydrogen (secondary N) is 1. The van der Waals surface area contributed by atoms with E-state index in [4.69, 9.17) is 0 Å². The van der Waals surface area contributed by atoms with E-state index in [9.17, 15) is 14.4 Å². The summed E-state index contributed by atoms with van der Waals surface area (Å²) in [4.78, 5) is 37.1. The fourth-order valence-corrected chi connectivity index (χ4v) is 2.21. The molecule has 1 unspecified atom stereocenters. The molecule has 2 heterocycles. The van der Waals surface area contributed by atoms with Crippen LogP contribution in [0.2, 0.25) is 0 Å². The Morgan fingerprint density at radius 1 is 1.40 bits per heavy atom. The molecule has 3 amide bonds. The van der Waals surface area contributed by atoms with Crippen LogP contribution in [0.25, 0.3) is 0 Å². The minimum absolute atomic E-state index is 0.121. The van der Waals surface area contributed by atoms with E-state index >= 15 is 0 Å². The summed E-state index contributed by atoms with van der Waals surface area (Å²) in [6.45, 7) is 5.08. The summed E-state index contributed by atoms with van der Waals surface area (Å²) in [5, 5.41) is 10.0. The number of imide groups is 1. The van der Waals surface area contributed by atoms with Crippen LogP contribution in [0.4, 0.5) is 0 Å². The number of amides is 3. The number of aromatic nitrogens is 2. The zero-order chi connectivity index (χ0) is 14.9. The lowest BCUT2D eigenvalue weighted by Gasteiger charge is -2.33. The maximum absolute atomic E-state index is 12.6. The van der Waals surface area contributed by atoms with Crippen molar-refractivity contribution < 1.29 is 14.4 Å². The van der Waals surface area contributed by atoms with Gasteiger partial charge in [-0.2, -0.15) is 10.2 Å². The largest absolute Gasteiger partial charge is 0.317 e. The van der Waals surface area contributed by atoms with Crippen LogP contribution in [0.5, 0.6) is 0 Å². The van der Waals surface area contributed by atoms with E-state index in [0.717, 1.165) is 0 Å². The second-order valence-corrected chi connectivity index (χ2v) is 4.75. The Labute approximate surface area is 116 Å². The van der Waals surface area contributed by atoms with Gasteiger partial charge in [-0.25, -0.2) is 0 Å². The zero-order valence-corrected chi connectivity index (χ0v) is 11.6. The summed E-state index contributed by atoms with van der Waals surface area (Å²) < 4.78 is 0. The highest BCUT2D eigenvalue weighted by atomic mass is 16.2. The number of hydrogen-bond acceptors (Lipinski definition) is 5. The lowest BCUT2D eigenvalue weighted by atomic mass is 10.1. The first-order valence-electron chi connectivity index (χ1n) is 6.39. The second kappa shape index (κ2) is 5.36. The van der Waals surface area contributed by atoms with Gasteiger partial charge in [0.05, 0.1) is 17.0 Å². The van der Waals surface area contributed by atoms with E-state index in [2.05, 4.69) is 15.5 Å². The van der Waals surface area contributed by atoms with Crippen LogP contribution in [0.15, 0.2) is 6.07 Å². The molecule has 20 heavy (non-hydrogen) atoms. The van der Waals surface area contributed by atoms with Crippen LogP contribution >= 0.6 is 0 Å². The summed E-state index contributed by atoms with van der Waals surface area (Å²) in [6, 6.07) is 0.988. The summed E-state index contributed by atoms with van der Waals surface area (Å²) in [7, 11) is 0. The molecule has 0 saturated carbocycles. The van der Waals surface area contributed by atoms with Crippen molar-refractivity contribution in [2.75, 3.05) is 6.54 Å². The Kier molecular flexibility index (Phi) is 3.78. The molecule has 0 radical (unpaired) electrons. The summed E-state index contributed by atoms with van der Waals surface area (Å²) in [5.74, 6) is -1.27. The molecule has 0 bridgehead atoms. The molecule has 1 N–H and O–H groups in total. The number of carbonyl (C=O) groups is 3. The van der Waals surface area contributed by atoms with Gasteiger partial charge in [-0.1, -0.05) is 6.92 Å². The minimum Gasteiger partial charge on any atom is -0.317 e. The van der Waals surface area contributed by atoms with Gasteiger partial charge < -0.3 is 4.90 Å². The first kappa shape index (κ1) is 14.1. The van der Waals surface area contributed by atoms with Crippen molar-refractivity contribution >= 4 is 17.7 Å². The number of piperazine rings is 1. The topological polar surface area (TPSA) is 92.3 Å². The fourth-order valence-electron chi connectivity index (χ4n) is 2.21. The van der Waals surface area contributed by atoms with Crippen LogP contribution in [0, 0.1) is 13.8 Å². The van der Waals surface area contributed by atoms with Gasteiger partial charge >= 0.3 is 0 Å². The summed E-state index contributed by atoms with van der Waals surface area (Å²) in [5.41, 5.74) is 1.46. The molecule has 1 saturated heterocycles. The highest BCUT2D eigenvalue weighted by molar-refractivity contribution is 6.07. The van der Waals surface area contributed by atoms with Crippen molar-refractivity contribution in [3.8, 4) is 0 Å². The van der Waals surface area contributed by atoms with Crippen molar-refractivity contribution in [3.63, 3.8) is 0 Å². The Balaban J connectivity index is 2.37. The third kappa shape index (κ3) is 2.52. The van der Waals surface area contributed by atoms with E-state index in [1.54, 1.807) is 26.8 Å². The number of carbonyl (C=O) groups excluding carboxylic acids is 3. The average molecular weight is 276 g/mol. The van der Waals surface area contributed by atoms with E-state index in [-0.39, 0.29) is 12.5 Å². The maximum Gasteiger partial charge on any atom is 0.256 e. The summed E-state index contributed by atoms with van der Waals surface area (Å²) in [6.07, 6.45) is 0.446. The third-order valence-corrected chi connectivity index (χ3v) is 3.23. The molecule has 2 rings (SSSR count). The Bertz CT molecular complexity index is 585. The number of nitrogens with zero attached hydrogens (tertiary/aromatic N) is 3. The lowest BCUT2D eigenvalue weighted by molar-refractivity contribution is -0.138. The number of aryl methyl sites for hydroxylation is 2. The smallest absolute Gasteiger partial charge is 0.256 e. The monoisotopic (exact) mass is 276 g/mol. The van der Waals surface area contributed by atoms with Crippen molar-refractivity contribution in [1.82, 2.24) is 20.4 Å². The zero-order valence-electron chi connectivity index (χ0n) is 11.6. The molecule has 7 nitrogen and oxygen atoms in total. The molecule has 1 aliphatic heterocycles. The van der Waals surface area contributed by atoms with E-state index in [0.29, 0.717) is 23.4 Å². The highest BCUT2D eigenvalue weighted by Gasteiger charge is 2.36. The SMILES string of the molecule is CCC1C(=O)NC(=O)CN1C(=O)c1cc(C)nnc1C. The van der Waals surface area contributed by atoms with E-state index < -0.39 is 17.9 Å². The first-order valence-corrected chi connectivity index (χ1v) is 6.39. The molecule has 1 fully saturated rings. The highest BCUT2D eigenvalue weighted by Crippen LogP contribution is 2.16. The average Bonchev–Trinajstić information content (AvgIpc) is 2.40. The van der Waals surface area contributed by atoms with Gasteiger partial charge in [0, 0.05) is 0 Å². The Morgan fingerprint density at radius 2 is 2.10 bits per heavy atom.